The standard InChI is InChI=1S/C56H45N/c1-3-13-40(14-4-1)42-25-27-43(28-26-42)44-31-35-50(36-32-44)57(51-37-33-45(34-38-51)49-30-29-41-15-7-8-18-48(41)39-49)55-24-10-9-21-53(55)54-23-12-20-47-19-11-22-52(56(47)54)46-16-5-2-6-17-46/h1,3-4,7-15,18-39,46H,2,5-6,16-17H2. The van der Waals surface area contributed by atoms with Crippen LogP contribution >= 0.6 is 0 Å². The molecule has 0 aliphatic heterocycles. The van der Waals surface area contributed by atoms with Gasteiger partial charge in [-0.2, -0.15) is 0 Å². The van der Waals surface area contributed by atoms with Crippen LogP contribution in [0, 0.1) is 0 Å². The van der Waals surface area contributed by atoms with Gasteiger partial charge >= 0.3 is 0 Å². The fourth-order valence-electron chi connectivity index (χ4n) is 9.13. The van der Waals surface area contributed by atoms with Gasteiger partial charge in [0.15, 0.2) is 0 Å². The second-order valence-corrected chi connectivity index (χ2v) is 15.5. The van der Waals surface area contributed by atoms with Gasteiger partial charge in [0.05, 0.1) is 5.69 Å². The van der Waals surface area contributed by atoms with Crippen molar-refractivity contribution < 1.29 is 0 Å². The molecule has 1 aliphatic carbocycles. The first-order valence-electron chi connectivity index (χ1n) is 20.5. The molecule has 1 aliphatic rings. The van der Waals surface area contributed by atoms with E-state index in [9.17, 15) is 0 Å². The van der Waals surface area contributed by atoms with Gasteiger partial charge in [-0.1, -0.05) is 189 Å². The van der Waals surface area contributed by atoms with Crippen molar-refractivity contribution in [2.24, 2.45) is 0 Å². The highest BCUT2D eigenvalue weighted by Gasteiger charge is 2.23. The number of anilines is 3. The van der Waals surface area contributed by atoms with Gasteiger partial charge in [0.25, 0.3) is 0 Å². The van der Waals surface area contributed by atoms with Crippen molar-refractivity contribution in [1.82, 2.24) is 0 Å². The molecule has 1 fully saturated rings. The predicted molar refractivity (Wildman–Crippen MR) is 244 cm³/mol. The van der Waals surface area contributed by atoms with Crippen LogP contribution in [0.3, 0.4) is 0 Å². The summed E-state index contributed by atoms with van der Waals surface area (Å²) in [5, 5.41) is 5.24. The topological polar surface area (TPSA) is 3.24 Å². The Morgan fingerprint density at radius 1 is 0.333 bits per heavy atom. The quantitative estimate of drug-likeness (QED) is 0.150. The van der Waals surface area contributed by atoms with Gasteiger partial charge in [-0.15, -0.1) is 0 Å². The van der Waals surface area contributed by atoms with Crippen LogP contribution in [0.2, 0.25) is 0 Å². The van der Waals surface area contributed by atoms with Crippen molar-refractivity contribution in [3.8, 4) is 44.5 Å². The van der Waals surface area contributed by atoms with Crippen LogP contribution in [0.1, 0.15) is 43.6 Å². The van der Waals surface area contributed by atoms with E-state index in [1.54, 1.807) is 0 Å². The van der Waals surface area contributed by atoms with Crippen molar-refractivity contribution in [3.63, 3.8) is 0 Å². The van der Waals surface area contributed by atoms with Crippen LogP contribution < -0.4 is 4.90 Å². The molecule has 0 amide bonds. The SMILES string of the molecule is c1ccc(-c2ccc(-c3ccc(N(c4ccc(-c5ccc6ccccc6c5)cc4)c4ccccc4-c4cccc5cccc(C6CCCCC6)c45)cc3)cc2)cc1. The minimum Gasteiger partial charge on any atom is -0.310 e. The highest BCUT2D eigenvalue weighted by molar-refractivity contribution is 6.03. The summed E-state index contributed by atoms with van der Waals surface area (Å²) in [7, 11) is 0. The summed E-state index contributed by atoms with van der Waals surface area (Å²) in [5.74, 6) is 0.601. The van der Waals surface area contributed by atoms with Crippen LogP contribution in [0.15, 0.2) is 206 Å². The molecule has 0 radical (unpaired) electrons. The van der Waals surface area contributed by atoms with Crippen LogP contribution in [-0.2, 0) is 0 Å². The highest BCUT2D eigenvalue weighted by atomic mass is 15.1. The Bertz CT molecular complexity index is 2790. The lowest BCUT2D eigenvalue weighted by atomic mass is 9.80. The van der Waals surface area contributed by atoms with E-state index >= 15 is 0 Å². The molecule has 0 unspecified atom stereocenters. The molecular formula is C56H45N. The molecule has 0 atom stereocenters. The zero-order valence-corrected chi connectivity index (χ0v) is 32.2. The first kappa shape index (κ1) is 34.8. The van der Waals surface area contributed by atoms with E-state index < -0.39 is 0 Å². The lowest BCUT2D eigenvalue weighted by Gasteiger charge is -2.29. The molecule has 0 bridgehead atoms. The minimum absolute atomic E-state index is 0.601. The zero-order chi connectivity index (χ0) is 38.0. The van der Waals surface area contributed by atoms with Gasteiger partial charge in [-0.3, -0.25) is 0 Å². The third-order valence-corrected chi connectivity index (χ3v) is 12.1. The van der Waals surface area contributed by atoms with Gasteiger partial charge in [-0.25, -0.2) is 0 Å². The first-order valence-corrected chi connectivity index (χ1v) is 20.5. The van der Waals surface area contributed by atoms with Crippen molar-refractivity contribution in [2.45, 2.75) is 38.0 Å². The summed E-state index contributed by atoms with van der Waals surface area (Å²) < 4.78 is 0. The lowest BCUT2D eigenvalue weighted by molar-refractivity contribution is 0.445. The Morgan fingerprint density at radius 2 is 0.825 bits per heavy atom. The molecule has 1 heteroatoms. The van der Waals surface area contributed by atoms with Gasteiger partial charge < -0.3 is 4.90 Å². The van der Waals surface area contributed by atoms with Gasteiger partial charge in [0.2, 0.25) is 0 Å². The maximum atomic E-state index is 2.45. The summed E-state index contributed by atoms with van der Waals surface area (Å²) in [6, 6.07) is 75.9. The Hall–Kier alpha value is -6.70. The lowest BCUT2D eigenvalue weighted by Crippen LogP contribution is -2.11. The van der Waals surface area contributed by atoms with Gasteiger partial charge in [0.1, 0.15) is 0 Å². The fraction of sp³-hybridized carbons (Fsp3) is 0.107. The maximum Gasteiger partial charge on any atom is 0.0540 e. The maximum absolute atomic E-state index is 2.45. The molecule has 0 spiro atoms. The largest absolute Gasteiger partial charge is 0.310 e. The fourth-order valence-corrected chi connectivity index (χ4v) is 9.13. The normalized spacial score (nSPS) is 13.2. The molecule has 0 heterocycles. The number of fused-ring (bicyclic) bond motifs is 2. The summed E-state index contributed by atoms with van der Waals surface area (Å²) in [6.45, 7) is 0. The molecule has 0 N–H and O–H groups in total. The molecule has 10 rings (SSSR count). The Morgan fingerprint density at radius 3 is 1.51 bits per heavy atom. The van der Waals surface area contributed by atoms with Crippen LogP contribution in [0.5, 0.6) is 0 Å². The van der Waals surface area contributed by atoms with Gasteiger partial charge in [-0.05, 0) is 121 Å². The summed E-state index contributed by atoms with van der Waals surface area (Å²) in [6.07, 6.45) is 6.52. The van der Waals surface area contributed by atoms with E-state index in [2.05, 4.69) is 211 Å². The first-order chi connectivity index (χ1) is 28.3. The molecule has 9 aromatic carbocycles. The van der Waals surface area contributed by atoms with E-state index in [-0.39, 0.29) is 0 Å². The number of para-hydroxylation sites is 1. The van der Waals surface area contributed by atoms with E-state index in [0.717, 1.165) is 11.4 Å². The number of benzene rings is 9. The minimum atomic E-state index is 0.601. The molecule has 0 aromatic heterocycles. The van der Waals surface area contributed by atoms with Crippen molar-refractivity contribution >= 4 is 38.6 Å². The highest BCUT2D eigenvalue weighted by Crippen LogP contribution is 2.46. The summed E-state index contributed by atoms with van der Waals surface area (Å²) in [5.41, 5.74) is 14.8. The second kappa shape index (κ2) is 15.4. The molecule has 9 aromatic rings. The summed E-state index contributed by atoms with van der Waals surface area (Å²) in [4.78, 5) is 2.45. The molecule has 1 nitrogen and oxygen atoms in total. The average molecular weight is 732 g/mol. The number of nitrogens with zero attached hydrogens (tertiary/aromatic N) is 1. The molecule has 1 saturated carbocycles. The van der Waals surface area contributed by atoms with Gasteiger partial charge in [0, 0.05) is 16.9 Å². The zero-order valence-electron chi connectivity index (χ0n) is 32.2. The van der Waals surface area contributed by atoms with Crippen LogP contribution in [0.25, 0.3) is 66.1 Å². The second-order valence-electron chi connectivity index (χ2n) is 15.5. The molecule has 57 heavy (non-hydrogen) atoms. The average Bonchev–Trinajstić information content (AvgIpc) is 3.30. The Balaban J connectivity index is 1.08. The van der Waals surface area contributed by atoms with Crippen molar-refractivity contribution in [1.29, 1.82) is 0 Å². The van der Waals surface area contributed by atoms with E-state index in [0.29, 0.717) is 5.92 Å². The Kier molecular flexibility index (Phi) is 9.42. The van der Waals surface area contributed by atoms with E-state index in [1.807, 2.05) is 0 Å². The Labute approximate surface area is 336 Å². The smallest absolute Gasteiger partial charge is 0.0540 e. The van der Waals surface area contributed by atoms with E-state index in [4.69, 9.17) is 0 Å². The number of hydrogen-bond acceptors (Lipinski definition) is 1. The predicted octanol–water partition coefficient (Wildman–Crippen LogP) is 16.2. The molecule has 0 saturated heterocycles. The van der Waals surface area contributed by atoms with E-state index in [1.165, 1.54) is 109 Å². The summed E-state index contributed by atoms with van der Waals surface area (Å²) >= 11 is 0. The number of hydrogen-bond donors (Lipinski definition) is 0. The monoisotopic (exact) mass is 731 g/mol. The molecule has 274 valence electrons. The number of rotatable bonds is 8. The van der Waals surface area contributed by atoms with Crippen molar-refractivity contribution in [2.75, 3.05) is 4.90 Å². The van der Waals surface area contributed by atoms with Crippen LogP contribution in [-0.4, -0.2) is 0 Å². The van der Waals surface area contributed by atoms with Crippen LogP contribution in [0.4, 0.5) is 17.1 Å². The third kappa shape index (κ3) is 6.91. The van der Waals surface area contributed by atoms with Crippen molar-refractivity contribution in [3.05, 3.63) is 212 Å². The molecular weight excluding hydrogens is 687 g/mol. The third-order valence-electron chi connectivity index (χ3n) is 12.1.